The van der Waals surface area contributed by atoms with Crippen LogP contribution in [0.25, 0.3) is 0 Å². The Labute approximate surface area is 96.8 Å². The monoisotopic (exact) mass is 239 g/mol. The zero-order chi connectivity index (χ0) is 11.4. The van der Waals surface area contributed by atoms with E-state index in [1.165, 1.54) is 11.5 Å². The summed E-state index contributed by atoms with van der Waals surface area (Å²) in [7, 11) is 0. The molecule has 2 heterocycles. The Morgan fingerprint density at radius 2 is 2.50 bits per heavy atom. The van der Waals surface area contributed by atoms with E-state index in [-0.39, 0.29) is 6.04 Å². The lowest BCUT2D eigenvalue weighted by Gasteiger charge is -2.13. The summed E-state index contributed by atoms with van der Waals surface area (Å²) in [5, 5.41) is 13.8. The van der Waals surface area contributed by atoms with Crippen LogP contribution < -0.4 is 11.3 Å². The first-order chi connectivity index (χ1) is 7.86. The first kappa shape index (κ1) is 11.1. The predicted octanol–water partition coefficient (Wildman–Crippen LogP) is 0.0923. The van der Waals surface area contributed by atoms with Crippen LogP contribution in [-0.4, -0.2) is 24.6 Å². The lowest BCUT2D eigenvalue weighted by atomic mass is 10.2. The fraction of sp³-hybridized carbons (Fsp3) is 0.500. The number of rotatable bonds is 5. The van der Waals surface area contributed by atoms with Crippen LogP contribution in [0.15, 0.2) is 11.6 Å². The van der Waals surface area contributed by atoms with Gasteiger partial charge in [-0.25, -0.2) is 10.1 Å². The predicted molar refractivity (Wildman–Crippen MR) is 59.4 cm³/mol. The van der Waals surface area contributed by atoms with Crippen LogP contribution in [0.3, 0.4) is 0 Å². The molecule has 0 saturated heterocycles. The molecular formula is C8H13N7S. The summed E-state index contributed by atoms with van der Waals surface area (Å²) in [4.78, 5) is 0. The molecule has 1 unspecified atom stereocenters. The van der Waals surface area contributed by atoms with Crippen LogP contribution >= 0.6 is 11.5 Å². The third-order valence-electron chi connectivity index (χ3n) is 2.22. The molecule has 2 aromatic rings. The summed E-state index contributed by atoms with van der Waals surface area (Å²) in [5.41, 5.74) is 4.39. The fourth-order valence-electron chi connectivity index (χ4n) is 1.49. The minimum absolute atomic E-state index is 0.208. The fourth-order valence-corrected chi connectivity index (χ4v) is 1.97. The van der Waals surface area contributed by atoms with E-state index in [1.807, 2.05) is 10.1 Å². The summed E-state index contributed by atoms with van der Waals surface area (Å²) in [5.74, 6) is 5.54. The van der Waals surface area contributed by atoms with Crippen molar-refractivity contribution in [3.05, 3.63) is 23.0 Å². The summed E-state index contributed by atoms with van der Waals surface area (Å²) in [6.07, 6.45) is 2.68. The van der Waals surface area contributed by atoms with Crippen molar-refractivity contribution >= 4 is 11.5 Å². The van der Waals surface area contributed by atoms with Crippen molar-refractivity contribution in [1.29, 1.82) is 0 Å². The van der Waals surface area contributed by atoms with E-state index in [9.17, 15) is 0 Å². The number of aryl methyl sites for hydroxylation is 1. The van der Waals surface area contributed by atoms with E-state index in [0.29, 0.717) is 0 Å². The Morgan fingerprint density at radius 3 is 3.12 bits per heavy atom. The van der Waals surface area contributed by atoms with Crippen LogP contribution in [0, 0.1) is 0 Å². The number of aromatic nitrogens is 5. The third kappa shape index (κ3) is 2.08. The van der Waals surface area contributed by atoms with Crippen molar-refractivity contribution in [2.75, 3.05) is 0 Å². The van der Waals surface area contributed by atoms with Gasteiger partial charge in [0.25, 0.3) is 0 Å². The van der Waals surface area contributed by atoms with Gasteiger partial charge in [-0.3, -0.25) is 5.84 Å². The number of hydrogen-bond acceptors (Lipinski definition) is 7. The Kier molecular flexibility index (Phi) is 3.54. The van der Waals surface area contributed by atoms with Gasteiger partial charge in [-0.05, 0) is 18.0 Å². The van der Waals surface area contributed by atoms with Gasteiger partial charge in [0.2, 0.25) is 0 Å². The van der Waals surface area contributed by atoms with Gasteiger partial charge >= 0.3 is 0 Å². The van der Waals surface area contributed by atoms with E-state index in [1.54, 1.807) is 6.20 Å². The minimum Gasteiger partial charge on any atom is -0.270 e. The Morgan fingerprint density at radius 1 is 1.62 bits per heavy atom. The molecule has 86 valence electrons. The largest absolute Gasteiger partial charge is 0.270 e. The average molecular weight is 239 g/mol. The molecule has 1 atom stereocenters. The van der Waals surface area contributed by atoms with Gasteiger partial charge in [-0.15, -0.1) is 10.2 Å². The molecular weight excluding hydrogens is 226 g/mol. The van der Waals surface area contributed by atoms with Crippen molar-refractivity contribution in [3.8, 4) is 0 Å². The van der Waals surface area contributed by atoms with Crippen molar-refractivity contribution in [2.45, 2.75) is 25.9 Å². The molecule has 0 aromatic carbocycles. The summed E-state index contributed by atoms with van der Waals surface area (Å²) < 4.78 is 5.65. The number of nitrogens with two attached hydrogens (primary N) is 1. The summed E-state index contributed by atoms with van der Waals surface area (Å²) in [6, 6.07) is -0.208. The number of hydrogen-bond donors (Lipinski definition) is 2. The average Bonchev–Trinajstić information content (AvgIpc) is 2.92. The van der Waals surface area contributed by atoms with Gasteiger partial charge in [-0.1, -0.05) is 16.6 Å². The zero-order valence-corrected chi connectivity index (χ0v) is 9.68. The van der Waals surface area contributed by atoms with Crippen molar-refractivity contribution in [2.24, 2.45) is 5.84 Å². The highest BCUT2D eigenvalue weighted by Gasteiger charge is 2.19. The van der Waals surface area contributed by atoms with E-state index < -0.39 is 0 Å². The van der Waals surface area contributed by atoms with E-state index in [0.717, 1.165) is 24.4 Å². The van der Waals surface area contributed by atoms with E-state index >= 15 is 0 Å². The molecule has 3 N–H and O–H groups in total. The molecule has 0 radical (unpaired) electrons. The molecule has 8 heteroatoms. The van der Waals surface area contributed by atoms with Crippen molar-refractivity contribution in [1.82, 2.24) is 30.0 Å². The second kappa shape index (κ2) is 5.10. The maximum Gasteiger partial charge on any atom is 0.109 e. The molecule has 0 aliphatic carbocycles. The molecule has 16 heavy (non-hydrogen) atoms. The second-order valence-electron chi connectivity index (χ2n) is 3.31. The van der Waals surface area contributed by atoms with Crippen molar-refractivity contribution in [3.63, 3.8) is 0 Å². The van der Waals surface area contributed by atoms with Crippen LogP contribution in [0.4, 0.5) is 0 Å². The van der Waals surface area contributed by atoms with Crippen LogP contribution in [-0.2, 0) is 6.54 Å². The van der Waals surface area contributed by atoms with Crippen LogP contribution in [0.2, 0.25) is 0 Å². The number of hydrazine groups is 1. The van der Waals surface area contributed by atoms with E-state index in [2.05, 4.69) is 32.2 Å². The minimum atomic E-state index is -0.208. The van der Waals surface area contributed by atoms with Gasteiger partial charge < -0.3 is 0 Å². The van der Waals surface area contributed by atoms with Crippen LogP contribution in [0.5, 0.6) is 0 Å². The molecule has 0 aliphatic heterocycles. The van der Waals surface area contributed by atoms with Gasteiger partial charge in [0.1, 0.15) is 6.04 Å². The quantitative estimate of drug-likeness (QED) is 0.567. The first-order valence-electron chi connectivity index (χ1n) is 4.98. The van der Waals surface area contributed by atoms with Gasteiger partial charge in [0, 0.05) is 11.9 Å². The molecule has 0 fully saturated rings. The lowest BCUT2D eigenvalue weighted by Crippen LogP contribution is -2.31. The molecule has 0 bridgehead atoms. The lowest BCUT2D eigenvalue weighted by molar-refractivity contribution is 0.506. The Hall–Kier alpha value is -1.38. The van der Waals surface area contributed by atoms with Gasteiger partial charge in [-0.2, -0.15) is 0 Å². The molecule has 0 saturated carbocycles. The summed E-state index contributed by atoms with van der Waals surface area (Å²) in [6.45, 7) is 2.89. The Balaban J connectivity index is 2.30. The zero-order valence-electron chi connectivity index (χ0n) is 8.87. The highest BCUT2D eigenvalue weighted by atomic mass is 32.1. The topological polar surface area (TPSA) is 94.5 Å². The molecule has 2 aromatic heterocycles. The smallest absolute Gasteiger partial charge is 0.109 e. The maximum atomic E-state index is 5.54. The normalized spacial score (nSPS) is 12.9. The number of nitrogens with one attached hydrogen (secondary N) is 1. The maximum absolute atomic E-state index is 5.54. The van der Waals surface area contributed by atoms with Crippen molar-refractivity contribution < 1.29 is 0 Å². The number of nitrogens with zero attached hydrogens (tertiary/aromatic N) is 5. The van der Waals surface area contributed by atoms with Crippen LogP contribution in [0.1, 0.15) is 30.8 Å². The highest BCUT2D eigenvalue weighted by molar-refractivity contribution is 7.03. The van der Waals surface area contributed by atoms with Gasteiger partial charge in [0.15, 0.2) is 0 Å². The summed E-state index contributed by atoms with van der Waals surface area (Å²) >= 11 is 1.29. The third-order valence-corrected chi connectivity index (χ3v) is 2.74. The molecule has 2 rings (SSSR count). The standard InChI is InChI=1S/C8H13N7S/c1-2-3-15-7(4-10-13-15)8(11-9)6-5-16-14-12-6/h4-5,8,11H,2-3,9H2,1H3. The van der Waals surface area contributed by atoms with Gasteiger partial charge in [0.05, 0.1) is 17.6 Å². The molecule has 0 spiro atoms. The van der Waals surface area contributed by atoms with E-state index in [4.69, 9.17) is 5.84 Å². The SMILES string of the molecule is CCCn1nncc1C(NN)c1csnn1. The second-order valence-corrected chi connectivity index (χ2v) is 3.92. The first-order valence-corrected chi connectivity index (χ1v) is 5.82. The Bertz CT molecular complexity index is 423. The highest BCUT2D eigenvalue weighted by Crippen LogP contribution is 2.19. The molecule has 7 nitrogen and oxygen atoms in total. The molecule has 0 aliphatic rings. The molecule has 0 amide bonds.